The van der Waals surface area contributed by atoms with Crippen molar-refractivity contribution in [1.29, 1.82) is 0 Å². The number of nitrogens with one attached hydrogen (secondary N) is 1. The fraction of sp³-hybridized carbons (Fsp3) is 0. The Labute approximate surface area is 108 Å². The number of para-hydroxylation sites is 1. The topological polar surface area (TPSA) is 88.2 Å². The molecule has 0 aliphatic rings. The average molecular weight is 264 g/mol. The second-order valence-corrected chi connectivity index (χ2v) is 3.93. The van der Waals surface area contributed by atoms with Crippen LogP contribution in [0.5, 0.6) is 5.75 Å². The lowest BCUT2D eigenvalue weighted by Crippen LogP contribution is -2.15. The first-order valence-corrected chi connectivity index (χ1v) is 5.46. The van der Waals surface area contributed by atoms with E-state index in [1.165, 1.54) is 18.3 Å². The second-order valence-electron chi connectivity index (χ2n) is 3.53. The lowest BCUT2D eigenvalue weighted by atomic mass is 10.1. The molecule has 6 heteroatoms. The molecule has 0 aliphatic heterocycles. The van der Waals surface area contributed by atoms with Gasteiger partial charge in [0.05, 0.1) is 16.3 Å². The van der Waals surface area contributed by atoms with E-state index in [-0.39, 0.29) is 22.8 Å². The summed E-state index contributed by atoms with van der Waals surface area (Å²) in [5.41, 5.74) is 6.12. The molecule has 1 aromatic heterocycles. The van der Waals surface area contributed by atoms with Gasteiger partial charge in [0.15, 0.2) is 11.6 Å². The number of anilines is 2. The molecule has 0 saturated heterocycles. The zero-order valence-corrected chi connectivity index (χ0v) is 9.98. The summed E-state index contributed by atoms with van der Waals surface area (Å²) in [7, 11) is 0. The summed E-state index contributed by atoms with van der Waals surface area (Å²) in [6, 6.07) is 7.72. The van der Waals surface area contributed by atoms with E-state index in [0.717, 1.165) is 0 Å². The number of benzene rings is 1. The summed E-state index contributed by atoms with van der Waals surface area (Å²) in [6.45, 7) is 0. The van der Waals surface area contributed by atoms with Crippen molar-refractivity contribution >= 4 is 29.0 Å². The van der Waals surface area contributed by atoms with Crippen LogP contribution in [0.4, 0.5) is 11.5 Å². The summed E-state index contributed by atoms with van der Waals surface area (Å²) in [5.74, 6) is -0.530. The van der Waals surface area contributed by atoms with Gasteiger partial charge in [0, 0.05) is 6.20 Å². The van der Waals surface area contributed by atoms with Gasteiger partial charge in [-0.1, -0.05) is 17.7 Å². The first-order chi connectivity index (χ1) is 8.59. The Bertz CT molecular complexity index is 602. The van der Waals surface area contributed by atoms with Crippen LogP contribution >= 0.6 is 11.6 Å². The van der Waals surface area contributed by atoms with E-state index in [0.29, 0.717) is 5.02 Å². The highest BCUT2D eigenvalue weighted by molar-refractivity contribution is 6.34. The third kappa shape index (κ3) is 2.36. The lowest BCUT2D eigenvalue weighted by molar-refractivity contribution is 0.102. The number of rotatable bonds is 2. The Kier molecular flexibility index (Phi) is 3.34. The maximum absolute atomic E-state index is 11.9. The summed E-state index contributed by atoms with van der Waals surface area (Å²) < 4.78 is 0. The number of nitrogens with two attached hydrogens (primary N) is 1. The number of pyridine rings is 1. The van der Waals surface area contributed by atoms with E-state index < -0.39 is 5.91 Å². The molecular weight excluding hydrogens is 254 g/mol. The average Bonchev–Trinajstić information content (AvgIpc) is 2.35. The summed E-state index contributed by atoms with van der Waals surface area (Å²) in [5, 5.41) is 12.3. The van der Waals surface area contributed by atoms with Gasteiger partial charge < -0.3 is 16.2 Å². The van der Waals surface area contributed by atoms with Gasteiger partial charge in [-0.3, -0.25) is 4.79 Å². The zero-order valence-electron chi connectivity index (χ0n) is 9.22. The van der Waals surface area contributed by atoms with Gasteiger partial charge in [-0.2, -0.15) is 0 Å². The van der Waals surface area contributed by atoms with E-state index >= 15 is 0 Å². The largest absolute Gasteiger partial charge is 0.504 e. The number of aromatic hydroxyl groups is 1. The zero-order chi connectivity index (χ0) is 13.1. The molecule has 5 nitrogen and oxygen atoms in total. The van der Waals surface area contributed by atoms with E-state index in [2.05, 4.69) is 10.3 Å². The van der Waals surface area contributed by atoms with Gasteiger partial charge in [-0.15, -0.1) is 0 Å². The van der Waals surface area contributed by atoms with Crippen molar-refractivity contribution in [2.75, 3.05) is 11.1 Å². The standard InChI is InChI=1S/C12H10ClN3O2/c13-8-4-1-3-7(10(8)14)12(18)16-11-9(17)5-2-6-15-11/h1-6,17H,14H2,(H,15,16,18). The van der Waals surface area contributed by atoms with Crippen molar-refractivity contribution in [3.8, 4) is 5.75 Å². The van der Waals surface area contributed by atoms with Crippen LogP contribution in [0.3, 0.4) is 0 Å². The molecule has 0 bridgehead atoms. The van der Waals surface area contributed by atoms with Crippen molar-refractivity contribution in [3.63, 3.8) is 0 Å². The van der Waals surface area contributed by atoms with Crippen molar-refractivity contribution in [2.45, 2.75) is 0 Å². The molecule has 18 heavy (non-hydrogen) atoms. The number of aromatic nitrogens is 1. The fourth-order valence-corrected chi connectivity index (χ4v) is 1.58. The Morgan fingerprint density at radius 1 is 1.33 bits per heavy atom. The minimum absolute atomic E-state index is 0.0712. The highest BCUT2D eigenvalue weighted by Crippen LogP contribution is 2.24. The van der Waals surface area contributed by atoms with Gasteiger partial charge >= 0.3 is 0 Å². The lowest BCUT2D eigenvalue weighted by Gasteiger charge is -2.08. The van der Waals surface area contributed by atoms with Gasteiger partial charge in [-0.05, 0) is 24.3 Å². The molecule has 2 aromatic rings. The van der Waals surface area contributed by atoms with Crippen molar-refractivity contribution in [3.05, 3.63) is 47.1 Å². The normalized spacial score (nSPS) is 10.1. The molecule has 0 fully saturated rings. The molecule has 4 N–H and O–H groups in total. The van der Waals surface area contributed by atoms with Gasteiger partial charge in [-0.25, -0.2) is 4.98 Å². The fourth-order valence-electron chi connectivity index (χ4n) is 1.40. The summed E-state index contributed by atoms with van der Waals surface area (Å²) >= 11 is 5.82. The quantitative estimate of drug-likeness (QED) is 0.725. The molecule has 0 aliphatic carbocycles. The Balaban J connectivity index is 2.28. The van der Waals surface area contributed by atoms with Gasteiger partial charge in [0.2, 0.25) is 0 Å². The van der Waals surface area contributed by atoms with Crippen molar-refractivity contribution in [1.82, 2.24) is 4.98 Å². The van der Waals surface area contributed by atoms with Crippen molar-refractivity contribution < 1.29 is 9.90 Å². The maximum Gasteiger partial charge on any atom is 0.259 e. The van der Waals surface area contributed by atoms with Crippen LogP contribution in [0, 0.1) is 0 Å². The number of amides is 1. The first kappa shape index (κ1) is 12.2. The van der Waals surface area contributed by atoms with Crippen LogP contribution in [0.2, 0.25) is 5.02 Å². The monoisotopic (exact) mass is 263 g/mol. The Morgan fingerprint density at radius 2 is 2.11 bits per heavy atom. The molecular formula is C12H10ClN3O2. The number of nitrogen functional groups attached to an aromatic ring is 1. The number of nitrogens with zero attached hydrogens (tertiary/aromatic N) is 1. The molecule has 92 valence electrons. The predicted octanol–water partition coefficient (Wildman–Crippen LogP) is 2.28. The SMILES string of the molecule is Nc1c(Cl)cccc1C(=O)Nc1ncccc1O. The maximum atomic E-state index is 11.9. The van der Waals surface area contributed by atoms with E-state index in [9.17, 15) is 9.90 Å². The van der Waals surface area contributed by atoms with Crippen LogP contribution in [0.15, 0.2) is 36.5 Å². The molecule has 0 atom stereocenters. The molecule has 0 radical (unpaired) electrons. The van der Waals surface area contributed by atoms with E-state index in [1.54, 1.807) is 18.2 Å². The highest BCUT2D eigenvalue weighted by Gasteiger charge is 2.13. The minimum Gasteiger partial charge on any atom is -0.504 e. The number of carbonyl (C=O) groups excluding carboxylic acids is 1. The second kappa shape index (κ2) is 4.93. The van der Waals surface area contributed by atoms with Crippen LogP contribution in [-0.2, 0) is 0 Å². The number of hydrogen-bond acceptors (Lipinski definition) is 4. The smallest absolute Gasteiger partial charge is 0.259 e. The summed E-state index contributed by atoms with van der Waals surface area (Å²) in [4.78, 5) is 15.8. The molecule has 1 aromatic carbocycles. The van der Waals surface area contributed by atoms with Gasteiger partial charge in [0.1, 0.15) is 0 Å². The minimum atomic E-state index is -0.482. The molecule has 2 rings (SSSR count). The highest BCUT2D eigenvalue weighted by atomic mass is 35.5. The molecule has 0 unspecified atom stereocenters. The van der Waals surface area contributed by atoms with Gasteiger partial charge in [0.25, 0.3) is 5.91 Å². The summed E-state index contributed by atoms with van der Waals surface area (Å²) in [6.07, 6.45) is 1.46. The molecule has 1 heterocycles. The third-order valence-corrected chi connectivity index (χ3v) is 2.65. The predicted molar refractivity (Wildman–Crippen MR) is 69.7 cm³/mol. The van der Waals surface area contributed by atoms with E-state index in [4.69, 9.17) is 17.3 Å². The van der Waals surface area contributed by atoms with Crippen LogP contribution in [-0.4, -0.2) is 16.0 Å². The third-order valence-electron chi connectivity index (χ3n) is 2.32. The van der Waals surface area contributed by atoms with Crippen LogP contribution in [0.1, 0.15) is 10.4 Å². The Hall–Kier alpha value is -2.27. The number of carbonyl (C=O) groups is 1. The van der Waals surface area contributed by atoms with Crippen molar-refractivity contribution in [2.24, 2.45) is 0 Å². The van der Waals surface area contributed by atoms with Crippen LogP contribution < -0.4 is 11.1 Å². The molecule has 0 spiro atoms. The number of halogens is 1. The Morgan fingerprint density at radius 3 is 2.83 bits per heavy atom. The molecule has 0 saturated carbocycles. The van der Waals surface area contributed by atoms with E-state index in [1.807, 2.05) is 0 Å². The van der Waals surface area contributed by atoms with Crippen LogP contribution in [0.25, 0.3) is 0 Å². The number of hydrogen-bond donors (Lipinski definition) is 3. The molecule has 1 amide bonds. The first-order valence-electron chi connectivity index (χ1n) is 5.09.